The van der Waals surface area contributed by atoms with Crippen molar-refractivity contribution in [2.75, 3.05) is 0 Å². The Bertz CT molecular complexity index is 501. The maximum absolute atomic E-state index is 11.8. The van der Waals surface area contributed by atoms with Crippen molar-refractivity contribution >= 4 is 17.8 Å². The summed E-state index contributed by atoms with van der Waals surface area (Å²) in [7, 11) is 0. The van der Waals surface area contributed by atoms with Gasteiger partial charge in [0.1, 0.15) is 12.1 Å². The molecular weight excluding hydrogens is 248 g/mol. The number of carboxylic acid groups (broad SMARTS) is 1. The van der Waals surface area contributed by atoms with Crippen molar-refractivity contribution in [1.82, 2.24) is 10.6 Å². The van der Waals surface area contributed by atoms with E-state index in [1.54, 1.807) is 0 Å². The van der Waals surface area contributed by atoms with Crippen LogP contribution in [0.2, 0.25) is 0 Å². The summed E-state index contributed by atoms with van der Waals surface area (Å²) in [5.74, 6) is -1.93. The first kappa shape index (κ1) is 13.1. The van der Waals surface area contributed by atoms with Crippen LogP contribution in [0.25, 0.3) is 0 Å². The van der Waals surface area contributed by atoms with Gasteiger partial charge < -0.3 is 15.7 Å². The van der Waals surface area contributed by atoms with Crippen molar-refractivity contribution in [3.05, 3.63) is 35.9 Å². The number of piperazine rings is 1. The largest absolute Gasteiger partial charge is 0.481 e. The lowest BCUT2D eigenvalue weighted by Crippen LogP contribution is -2.62. The Morgan fingerprint density at radius 3 is 2.26 bits per heavy atom. The third-order valence-electron chi connectivity index (χ3n) is 2.93. The van der Waals surface area contributed by atoms with Crippen LogP contribution in [0.15, 0.2) is 30.3 Å². The molecule has 100 valence electrons. The number of carbonyl (C=O) groups is 3. The molecule has 2 atom stereocenters. The molecule has 2 rings (SSSR count). The first-order chi connectivity index (χ1) is 9.06. The number of hydrogen-bond acceptors (Lipinski definition) is 3. The number of carboxylic acids is 1. The Balaban J connectivity index is 2.00. The first-order valence-corrected chi connectivity index (χ1v) is 5.92. The molecular formula is C13H14N2O4. The Labute approximate surface area is 109 Å². The number of hydrogen-bond donors (Lipinski definition) is 3. The Morgan fingerprint density at radius 2 is 1.63 bits per heavy atom. The van der Waals surface area contributed by atoms with E-state index < -0.39 is 30.4 Å². The van der Waals surface area contributed by atoms with Crippen LogP contribution in [0.1, 0.15) is 12.0 Å². The zero-order valence-corrected chi connectivity index (χ0v) is 10.1. The minimum Gasteiger partial charge on any atom is -0.481 e. The molecule has 19 heavy (non-hydrogen) atoms. The van der Waals surface area contributed by atoms with Gasteiger partial charge in [-0.1, -0.05) is 30.3 Å². The predicted octanol–water partition coefficient (Wildman–Crippen LogP) is -0.313. The SMILES string of the molecule is O=C(O)C[C@@H]1NC(=O)[C@H](Cc2ccccc2)NC1=O. The fourth-order valence-electron chi connectivity index (χ4n) is 1.99. The topological polar surface area (TPSA) is 95.5 Å². The van der Waals surface area contributed by atoms with Crippen molar-refractivity contribution in [1.29, 1.82) is 0 Å². The summed E-state index contributed by atoms with van der Waals surface area (Å²) in [5.41, 5.74) is 0.930. The van der Waals surface area contributed by atoms with Crippen LogP contribution in [0.3, 0.4) is 0 Å². The van der Waals surface area contributed by atoms with Gasteiger partial charge in [0.2, 0.25) is 11.8 Å². The van der Waals surface area contributed by atoms with Gasteiger partial charge in [-0.25, -0.2) is 0 Å². The summed E-state index contributed by atoms with van der Waals surface area (Å²) in [5, 5.41) is 13.6. The molecule has 1 fully saturated rings. The minimum absolute atomic E-state index is 0.352. The number of nitrogens with one attached hydrogen (secondary N) is 2. The van der Waals surface area contributed by atoms with E-state index in [0.717, 1.165) is 5.56 Å². The molecule has 0 bridgehead atoms. The third kappa shape index (κ3) is 3.31. The summed E-state index contributed by atoms with van der Waals surface area (Å²) in [4.78, 5) is 34.1. The van der Waals surface area contributed by atoms with Crippen LogP contribution in [0.5, 0.6) is 0 Å². The van der Waals surface area contributed by atoms with Gasteiger partial charge in [-0.15, -0.1) is 0 Å². The molecule has 0 spiro atoms. The van der Waals surface area contributed by atoms with Crippen LogP contribution in [0, 0.1) is 0 Å². The lowest BCUT2D eigenvalue weighted by molar-refractivity contribution is -0.143. The highest BCUT2D eigenvalue weighted by Gasteiger charge is 2.34. The van der Waals surface area contributed by atoms with Crippen LogP contribution in [0.4, 0.5) is 0 Å². The second-order valence-electron chi connectivity index (χ2n) is 4.41. The standard InChI is InChI=1S/C13H14N2O4/c16-11(17)7-10-13(19)14-9(12(18)15-10)6-8-4-2-1-3-5-8/h1-5,9-10H,6-7H2,(H,14,19)(H,15,18)(H,16,17)/t9-,10-/m0/s1. The van der Waals surface area contributed by atoms with Crippen molar-refractivity contribution in [3.63, 3.8) is 0 Å². The molecule has 1 aliphatic heterocycles. The highest BCUT2D eigenvalue weighted by molar-refractivity contribution is 5.98. The monoisotopic (exact) mass is 262 g/mol. The smallest absolute Gasteiger partial charge is 0.305 e. The van der Waals surface area contributed by atoms with E-state index in [4.69, 9.17) is 5.11 Å². The van der Waals surface area contributed by atoms with Crippen molar-refractivity contribution in [2.45, 2.75) is 24.9 Å². The zero-order chi connectivity index (χ0) is 13.8. The summed E-state index contributed by atoms with van der Waals surface area (Å²) < 4.78 is 0. The lowest BCUT2D eigenvalue weighted by atomic mass is 10.0. The van der Waals surface area contributed by atoms with Gasteiger partial charge in [0.15, 0.2) is 0 Å². The molecule has 1 saturated heterocycles. The highest BCUT2D eigenvalue weighted by Crippen LogP contribution is 2.08. The molecule has 1 aromatic carbocycles. The normalized spacial score (nSPS) is 22.5. The summed E-state index contributed by atoms with van der Waals surface area (Å²) >= 11 is 0. The van der Waals surface area contributed by atoms with Gasteiger partial charge in [0.25, 0.3) is 0 Å². The maximum atomic E-state index is 11.8. The predicted molar refractivity (Wildman–Crippen MR) is 66.3 cm³/mol. The summed E-state index contributed by atoms with van der Waals surface area (Å²) in [6, 6.07) is 7.66. The first-order valence-electron chi connectivity index (χ1n) is 5.92. The molecule has 1 aromatic rings. The quantitative estimate of drug-likeness (QED) is 0.693. The van der Waals surface area contributed by atoms with Crippen molar-refractivity contribution in [2.24, 2.45) is 0 Å². The molecule has 0 radical (unpaired) electrons. The Morgan fingerprint density at radius 1 is 1.05 bits per heavy atom. The number of rotatable bonds is 4. The molecule has 6 heteroatoms. The molecule has 1 aliphatic rings. The van der Waals surface area contributed by atoms with E-state index in [2.05, 4.69) is 10.6 Å². The molecule has 3 N–H and O–H groups in total. The molecule has 2 amide bonds. The van der Waals surface area contributed by atoms with E-state index in [-0.39, 0.29) is 5.91 Å². The number of benzene rings is 1. The molecule has 0 aliphatic carbocycles. The van der Waals surface area contributed by atoms with Gasteiger partial charge >= 0.3 is 5.97 Å². The molecule has 0 aromatic heterocycles. The number of amides is 2. The van der Waals surface area contributed by atoms with Crippen LogP contribution in [-0.2, 0) is 20.8 Å². The molecule has 0 unspecified atom stereocenters. The van der Waals surface area contributed by atoms with Gasteiger partial charge in [-0.2, -0.15) is 0 Å². The number of carbonyl (C=O) groups excluding carboxylic acids is 2. The van der Waals surface area contributed by atoms with E-state index in [1.165, 1.54) is 0 Å². The second kappa shape index (κ2) is 5.51. The van der Waals surface area contributed by atoms with Crippen LogP contribution < -0.4 is 10.6 Å². The van der Waals surface area contributed by atoms with Crippen LogP contribution in [-0.4, -0.2) is 35.0 Å². The van der Waals surface area contributed by atoms with E-state index in [1.807, 2.05) is 30.3 Å². The van der Waals surface area contributed by atoms with Crippen molar-refractivity contribution in [3.8, 4) is 0 Å². The van der Waals surface area contributed by atoms with E-state index >= 15 is 0 Å². The van der Waals surface area contributed by atoms with E-state index in [0.29, 0.717) is 6.42 Å². The minimum atomic E-state index is -1.12. The zero-order valence-electron chi connectivity index (χ0n) is 10.1. The fourth-order valence-corrected chi connectivity index (χ4v) is 1.99. The second-order valence-corrected chi connectivity index (χ2v) is 4.41. The maximum Gasteiger partial charge on any atom is 0.305 e. The molecule has 1 heterocycles. The summed E-state index contributed by atoms with van der Waals surface area (Å²) in [6.07, 6.45) is -0.0200. The number of aliphatic carboxylic acids is 1. The average Bonchev–Trinajstić information content (AvgIpc) is 2.36. The van der Waals surface area contributed by atoms with Gasteiger partial charge in [0.05, 0.1) is 6.42 Å². The van der Waals surface area contributed by atoms with E-state index in [9.17, 15) is 14.4 Å². The van der Waals surface area contributed by atoms with Crippen molar-refractivity contribution < 1.29 is 19.5 Å². The average molecular weight is 262 g/mol. The lowest BCUT2D eigenvalue weighted by Gasteiger charge is -2.28. The Kier molecular flexibility index (Phi) is 3.79. The van der Waals surface area contributed by atoms with Gasteiger partial charge in [-0.05, 0) is 5.56 Å². The van der Waals surface area contributed by atoms with Gasteiger partial charge in [-0.3, -0.25) is 14.4 Å². The molecule has 0 saturated carbocycles. The third-order valence-corrected chi connectivity index (χ3v) is 2.93. The van der Waals surface area contributed by atoms with Crippen LogP contribution >= 0.6 is 0 Å². The fraction of sp³-hybridized carbons (Fsp3) is 0.308. The van der Waals surface area contributed by atoms with Gasteiger partial charge in [0, 0.05) is 6.42 Å². The summed E-state index contributed by atoms with van der Waals surface area (Å²) in [6.45, 7) is 0. The highest BCUT2D eigenvalue weighted by atomic mass is 16.4. The Hall–Kier alpha value is -2.37. The molecule has 6 nitrogen and oxygen atoms in total.